The van der Waals surface area contributed by atoms with Crippen LogP contribution in [0.25, 0.3) is 85.9 Å². The molecule has 0 N–H and O–H groups in total. The maximum atomic E-state index is 6.58. The highest BCUT2D eigenvalue weighted by Gasteiger charge is 2.19. The average molecular weight is 694 g/mol. The van der Waals surface area contributed by atoms with Gasteiger partial charge in [-0.25, -0.2) is 0 Å². The van der Waals surface area contributed by atoms with Crippen LogP contribution in [0.1, 0.15) is 0 Å². The molecule has 0 radical (unpaired) electrons. The number of anilines is 3. The van der Waals surface area contributed by atoms with E-state index in [-0.39, 0.29) is 0 Å². The van der Waals surface area contributed by atoms with E-state index >= 15 is 0 Å². The number of benzene rings is 9. The van der Waals surface area contributed by atoms with Crippen LogP contribution < -0.4 is 4.90 Å². The van der Waals surface area contributed by atoms with Crippen molar-refractivity contribution in [1.29, 1.82) is 0 Å². The molecule has 11 aromatic rings. The van der Waals surface area contributed by atoms with Crippen LogP contribution in [0.15, 0.2) is 192 Å². The molecule has 0 aliphatic rings. The summed E-state index contributed by atoms with van der Waals surface area (Å²) >= 11 is 1.85. The van der Waals surface area contributed by atoms with Gasteiger partial charge in [0.05, 0.1) is 0 Å². The van der Waals surface area contributed by atoms with Crippen molar-refractivity contribution >= 4 is 92.1 Å². The van der Waals surface area contributed by atoms with Crippen LogP contribution >= 0.6 is 11.3 Å². The van der Waals surface area contributed by atoms with Crippen LogP contribution in [0, 0.1) is 0 Å². The molecular weight excluding hydrogens is 663 g/mol. The maximum absolute atomic E-state index is 6.58. The molecule has 0 unspecified atom stereocenters. The number of rotatable bonds is 5. The molecule has 0 fully saturated rings. The minimum atomic E-state index is 0.898. The van der Waals surface area contributed by atoms with Crippen molar-refractivity contribution in [3.05, 3.63) is 188 Å². The Morgan fingerprint density at radius 2 is 1.02 bits per heavy atom. The predicted octanol–water partition coefficient (Wildman–Crippen LogP) is 15.1. The van der Waals surface area contributed by atoms with Crippen molar-refractivity contribution in [2.24, 2.45) is 0 Å². The monoisotopic (exact) mass is 693 g/mol. The van der Waals surface area contributed by atoms with Crippen molar-refractivity contribution in [2.45, 2.75) is 0 Å². The first-order chi connectivity index (χ1) is 26.2. The van der Waals surface area contributed by atoms with Crippen LogP contribution in [0.4, 0.5) is 17.1 Å². The molecule has 2 nitrogen and oxygen atoms in total. The van der Waals surface area contributed by atoms with Gasteiger partial charge in [0.15, 0.2) is 0 Å². The second-order valence-corrected chi connectivity index (χ2v) is 14.8. The minimum Gasteiger partial charge on any atom is -0.455 e. The third-order valence-corrected chi connectivity index (χ3v) is 11.7. The lowest BCUT2D eigenvalue weighted by atomic mass is 9.97. The molecule has 248 valence electrons. The number of hydrogen-bond acceptors (Lipinski definition) is 3. The Balaban J connectivity index is 1.10. The van der Waals surface area contributed by atoms with Crippen molar-refractivity contribution in [3.63, 3.8) is 0 Å². The van der Waals surface area contributed by atoms with E-state index in [0.717, 1.165) is 55.5 Å². The van der Waals surface area contributed by atoms with Crippen LogP contribution in [-0.4, -0.2) is 0 Å². The van der Waals surface area contributed by atoms with E-state index in [1.165, 1.54) is 47.5 Å². The number of furan rings is 1. The molecule has 0 amide bonds. The number of thiophene rings is 1. The van der Waals surface area contributed by atoms with Gasteiger partial charge in [0, 0.05) is 53.4 Å². The summed E-state index contributed by atoms with van der Waals surface area (Å²) in [6.07, 6.45) is 0. The van der Waals surface area contributed by atoms with Crippen molar-refractivity contribution < 1.29 is 4.42 Å². The summed E-state index contributed by atoms with van der Waals surface area (Å²) in [5, 5.41) is 9.67. The molecule has 2 heterocycles. The van der Waals surface area contributed by atoms with Gasteiger partial charge >= 0.3 is 0 Å². The Morgan fingerprint density at radius 1 is 0.377 bits per heavy atom. The van der Waals surface area contributed by atoms with Crippen molar-refractivity contribution in [1.82, 2.24) is 0 Å². The van der Waals surface area contributed by atoms with E-state index in [4.69, 9.17) is 4.42 Å². The Morgan fingerprint density at radius 3 is 1.91 bits per heavy atom. The van der Waals surface area contributed by atoms with E-state index in [0.29, 0.717) is 0 Å². The number of fused-ring (bicyclic) bond motifs is 9. The van der Waals surface area contributed by atoms with Crippen LogP contribution in [-0.2, 0) is 0 Å². The third-order valence-electron chi connectivity index (χ3n) is 10.6. The summed E-state index contributed by atoms with van der Waals surface area (Å²) in [4.78, 5) is 2.40. The fourth-order valence-corrected chi connectivity index (χ4v) is 9.24. The van der Waals surface area contributed by atoms with Crippen LogP contribution in [0.3, 0.4) is 0 Å². The highest BCUT2D eigenvalue weighted by molar-refractivity contribution is 7.25. The molecule has 3 heteroatoms. The molecular formula is C50H31NOS. The molecule has 0 aliphatic carbocycles. The highest BCUT2D eigenvalue weighted by atomic mass is 32.1. The van der Waals surface area contributed by atoms with Gasteiger partial charge in [0.2, 0.25) is 0 Å². The van der Waals surface area contributed by atoms with Crippen LogP contribution in [0.2, 0.25) is 0 Å². The molecule has 11 rings (SSSR count). The van der Waals surface area contributed by atoms with E-state index in [2.05, 4.69) is 193 Å². The largest absolute Gasteiger partial charge is 0.455 e. The van der Waals surface area contributed by atoms with Gasteiger partial charge in [-0.3, -0.25) is 0 Å². The Labute approximate surface area is 310 Å². The fraction of sp³-hybridized carbons (Fsp3) is 0. The Kier molecular flexibility index (Phi) is 6.76. The topological polar surface area (TPSA) is 16.4 Å². The van der Waals surface area contributed by atoms with E-state index in [1.807, 2.05) is 11.3 Å². The zero-order chi connectivity index (χ0) is 34.9. The normalized spacial score (nSPS) is 11.8. The Bertz CT molecular complexity index is 3200. The summed E-state index contributed by atoms with van der Waals surface area (Å²) in [7, 11) is 0. The fourth-order valence-electron chi connectivity index (χ4n) is 8.10. The van der Waals surface area contributed by atoms with E-state index in [1.54, 1.807) is 0 Å². The summed E-state index contributed by atoms with van der Waals surface area (Å²) < 4.78 is 9.16. The Hall–Kier alpha value is -6.68. The second kappa shape index (κ2) is 11.9. The van der Waals surface area contributed by atoms with Crippen molar-refractivity contribution in [2.75, 3.05) is 4.90 Å². The first-order valence-electron chi connectivity index (χ1n) is 18.0. The molecule has 0 bridgehead atoms. The molecule has 0 aliphatic heterocycles. The summed E-state index contributed by atoms with van der Waals surface area (Å²) in [5.74, 6) is 0. The molecule has 0 spiro atoms. The standard InChI is InChI=1S/C50H31NOS/c1-2-12-34-28-36(23-22-32(34)10-1)35-13-7-15-38(29-35)51(40-25-27-44-43-18-5-6-21-47(43)53-48(44)31-40)39-16-8-14-37(30-39)41-19-9-20-46-49(41)45-26-24-33-11-3-4-17-42(33)50(45)52-46/h1-31H. The molecule has 53 heavy (non-hydrogen) atoms. The van der Waals surface area contributed by atoms with Crippen LogP contribution in [0.5, 0.6) is 0 Å². The number of nitrogens with zero attached hydrogens (tertiary/aromatic N) is 1. The van der Waals surface area contributed by atoms with Gasteiger partial charge in [-0.1, -0.05) is 127 Å². The zero-order valence-corrected chi connectivity index (χ0v) is 29.5. The van der Waals surface area contributed by atoms with Gasteiger partial charge in [-0.2, -0.15) is 0 Å². The molecule has 0 saturated carbocycles. The van der Waals surface area contributed by atoms with Gasteiger partial charge in [-0.15, -0.1) is 11.3 Å². The van der Waals surface area contributed by atoms with E-state index < -0.39 is 0 Å². The number of hydrogen-bond donors (Lipinski definition) is 0. The lowest BCUT2D eigenvalue weighted by Crippen LogP contribution is -2.10. The second-order valence-electron chi connectivity index (χ2n) is 13.7. The van der Waals surface area contributed by atoms with Crippen molar-refractivity contribution in [3.8, 4) is 22.3 Å². The first kappa shape index (κ1) is 30.0. The van der Waals surface area contributed by atoms with E-state index in [9.17, 15) is 0 Å². The first-order valence-corrected chi connectivity index (χ1v) is 18.8. The zero-order valence-electron chi connectivity index (χ0n) is 28.7. The lowest BCUT2D eigenvalue weighted by molar-refractivity contribution is 0.673. The van der Waals surface area contributed by atoms with Gasteiger partial charge in [0.1, 0.15) is 11.2 Å². The summed E-state index contributed by atoms with van der Waals surface area (Å²) in [5.41, 5.74) is 9.83. The molecule has 9 aromatic carbocycles. The van der Waals surface area contributed by atoms with Gasteiger partial charge < -0.3 is 9.32 Å². The smallest absolute Gasteiger partial charge is 0.143 e. The van der Waals surface area contributed by atoms with Gasteiger partial charge in [-0.05, 0) is 99.1 Å². The summed E-state index contributed by atoms with van der Waals surface area (Å²) in [6.45, 7) is 0. The predicted molar refractivity (Wildman–Crippen MR) is 227 cm³/mol. The molecule has 0 atom stereocenters. The molecule has 2 aromatic heterocycles. The maximum Gasteiger partial charge on any atom is 0.143 e. The SMILES string of the molecule is c1cc(-c2ccc3ccccc3c2)cc(N(c2cccc(-c3cccc4oc5c6ccccc6ccc5c34)c2)c2ccc3c(c2)sc2ccccc23)c1. The lowest BCUT2D eigenvalue weighted by Gasteiger charge is -2.27. The highest BCUT2D eigenvalue weighted by Crippen LogP contribution is 2.44. The quantitative estimate of drug-likeness (QED) is 0.178. The third kappa shape index (κ3) is 4.93. The van der Waals surface area contributed by atoms with Gasteiger partial charge in [0.25, 0.3) is 0 Å². The summed E-state index contributed by atoms with van der Waals surface area (Å²) in [6, 6.07) is 68.1. The average Bonchev–Trinajstić information content (AvgIpc) is 3.80. The molecule has 0 saturated heterocycles. The minimum absolute atomic E-state index is 0.898.